The normalized spacial score (nSPS) is 12.8. The first-order valence-corrected chi connectivity index (χ1v) is 6.42. The second-order valence-corrected chi connectivity index (χ2v) is 4.42. The average molecular weight is 244 g/mol. The maximum atomic E-state index is 5.28. The molecule has 0 spiro atoms. The molecule has 96 valence electrons. The van der Waals surface area contributed by atoms with Gasteiger partial charge in [0.05, 0.1) is 18.2 Å². The molecule has 1 heterocycles. The molecule has 3 nitrogen and oxygen atoms in total. The van der Waals surface area contributed by atoms with Crippen LogP contribution in [0, 0.1) is 0 Å². The molecule has 1 aromatic heterocycles. The molecule has 0 radical (unpaired) electrons. The van der Waals surface area contributed by atoms with E-state index in [-0.39, 0.29) is 6.04 Å². The number of benzene rings is 1. The van der Waals surface area contributed by atoms with Crippen molar-refractivity contribution in [2.75, 3.05) is 20.3 Å². The average Bonchev–Trinajstić information content (AvgIpc) is 2.43. The quantitative estimate of drug-likeness (QED) is 0.848. The predicted molar refractivity (Wildman–Crippen MR) is 74.7 cm³/mol. The van der Waals surface area contributed by atoms with E-state index in [4.69, 9.17) is 4.74 Å². The molecule has 0 aliphatic rings. The molecule has 2 aromatic rings. The van der Waals surface area contributed by atoms with Gasteiger partial charge in [-0.1, -0.05) is 25.1 Å². The molecule has 1 N–H and O–H groups in total. The second-order valence-electron chi connectivity index (χ2n) is 4.42. The van der Waals surface area contributed by atoms with Gasteiger partial charge in [0, 0.05) is 18.7 Å². The number of pyridine rings is 1. The zero-order chi connectivity index (χ0) is 12.8. The summed E-state index contributed by atoms with van der Waals surface area (Å²) in [7, 11) is 1.74. The van der Waals surface area contributed by atoms with Crippen LogP contribution in [0.4, 0.5) is 0 Å². The highest BCUT2D eigenvalue weighted by Gasteiger charge is 2.10. The summed E-state index contributed by atoms with van der Waals surface area (Å²) in [5.74, 6) is 0. The highest BCUT2D eigenvalue weighted by molar-refractivity contribution is 5.78. The predicted octanol–water partition coefficient (Wildman–Crippen LogP) is 2.92. The van der Waals surface area contributed by atoms with Gasteiger partial charge in [0.15, 0.2) is 0 Å². The maximum Gasteiger partial charge on any atom is 0.0705 e. The molecule has 1 aromatic carbocycles. The van der Waals surface area contributed by atoms with Crippen LogP contribution in [0.15, 0.2) is 36.5 Å². The van der Waals surface area contributed by atoms with Crippen LogP contribution in [0.5, 0.6) is 0 Å². The standard InChI is InChI=1S/C15H20N2O/c1-3-8-16-15(11-18-2)13-7-6-12-5-4-9-17-14(12)10-13/h4-7,9-10,15-16H,3,8,11H2,1-2H3. The largest absolute Gasteiger partial charge is 0.383 e. The highest BCUT2D eigenvalue weighted by Crippen LogP contribution is 2.19. The van der Waals surface area contributed by atoms with Crippen LogP contribution >= 0.6 is 0 Å². The number of aromatic nitrogens is 1. The smallest absolute Gasteiger partial charge is 0.0705 e. The fraction of sp³-hybridized carbons (Fsp3) is 0.400. The molecule has 3 heteroatoms. The van der Waals surface area contributed by atoms with Crippen LogP contribution in [0.2, 0.25) is 0 Å². The Kier molecular flexibility index (Phi) is 4.67. The van der Waals surface area contributed by atoms with Crippen molar-refractivity contribution < 1.29 is 4.74 Å². The van der Waals surface area contributed by atoms with E-state index in [1.807, 2.05) is 12.3 Å². The van der Waals surface area contributed by atoms with Crippen LogP contribution in [0.3, 0.4) is 0 Å². The van der Waals surface area contributed by atoms with Gasteiger partial charge in [-0.3, -0.25) is 4.98 Å². The molecule has 1 atom stereocenters. The van der Waals surface area contributed by atoms with E-state index in [1.54, 1.807) is 7.11 Å². The molecule has 0 fully saturated rings. The minimum atomic E-state index is 0.237. The summed E-state index contributed by atoms with van der Waals surface area (Å²) in [6, 6.07) is 10.7. The topological polar surface area (TPSA) is 34.1 Å². The van der Waals surface area contributed by atoms with Crippen LogP contribution in [0.1, 0.15) is 24.9 Å². The van der Waals surface area contributed by atoms with Crippen molar-refractivity contribution in [3.05, 3.63) is 42.1 Å². The van der Waals surface area contributed by atoms with E-state index in [1.165, 1.54) is 10.9 Å². The Balaban J connectivity index is 2.25. The van der Waals surface area contributed by atoms with Crippen LogP contribution < -0.4 is 5.32 Å². The summed E-state index contributed by atoms with van der Waals surface area (Å²) in [5, 5.41) is 4.67. The van der Waals surface area contributed by atoms with Crippen molar-refractivity contribution >= 4 is 10.9 Å². The van der Waals surface area contributed by atoms with Crippen LogP contribution in [-0.4, -0.2) is 25.2 Å². The van der Waals surface area contributed by atoms with Crippen LogP contribution in [0.25, 0.3) is 10.9 Å². The number of nitrogens with one attached hydrogen (secondary N) is 1. The van der Waals surface area contributed by atoms with Gasteiger partial charge in [-0.2, -0.15) is 0 Å². The van der Waals surface area contributed by atoms with Crippen molar-refractivity contribution in [1.29, 1.82) is 0 Å². The van der Waals surface area contributed by atoms with Crippen molar-refractivity contribution in [2.45, 2.75) is 19.4 Å². The molecule has 2 rings (SSSR count). The van der Waals surface area contributed by atoms with Crippen molar-refractivity contribution in [3.63, 3.8) is 0 Å². The maximum absolute atomic E-state index is 5.28. The molecule has 0 amide bonds. The molecule has 1 unspecified atom stereocenters. The van der Waals surface area contributed by atoms with Gasteiger partial charge >= 0.3 is 0 Å². The fourth-order valence-corrected chi connectivity index (χ4v) is 2.06. The minimum Gasteiger partial charge on any atom is -0.383 e. The fourth-order valence-electron chi connectivity index (χ4n) is 2.06. The molecular formula is C15H20N2O. The number of fused-ring (bicyclic) bond motifs is 1. The van der Waals surface area contributed by atoms with Gasteiger partial charge in [-0.05, 0) is 30.7 Å². The first-order valence-electron chi connectivity index (χ1n) is 6.42. The first kappa shape index (κ1) is 13.0. The van der Waals surface area contributed by atoms with Crippen molar-refractivity contribution in [3.8, 4) is 0 Å². The molecule has 18 heavy (non-hydrogen) atoms. The Bertz CT molecular complexity index is 499. The van der Waals surface area contributed by atoms with E-state index in [2.05, 4.69) is 41.5 Å². The molecular weight excluding hydrogens is 224 g/mol. The van der Waals surface area contributed by atoms with Crippen molar-refractivity contribution in [2.24, 2.45) is 0 Å². The number of hydrogen-bond acceptors (Lipinski definition) is 3. The lowest BCUT2D eigenvalue weighted by atomic mass is 10.0. The van der Waals surface area contributed by atoms with Gasteiger partial charge in [-0.25, -0.2) is 0 Å². The summed E-state index contributed by atoms with van der Waals surface area (Å²) in [6.07, 6.45) is 2.95. The molecule has 0 saturated heterocycles. The Labute approximate surface area is 108 Å². The van der Waals surface area contributed by atoms with E-state index in [0.29, 0.717) is 6.61 Å². The number of ether oxygens (including phenoxy) is 1. The Morgan fingerprint density at radius 1 is 1.33 bits per heavy atom. The van der Waals surface area contributed by atoms with E-state index < -0.39 is 0 Å². The summed E-state index contributed by atoms with van der Waals surface area (Å²) >= 11 is 0. The lowest BCUT2D eigenvalue weighted by molar-refractivity contribution is 0.167. The SMILES string of the molecule is CCCNC(COC)c1ccc2cccnc2c1. The van der Waals surface area contributed by atoms with E-state index >= 15 is 0 Å². The third-order valence-electron chi connectivity index (χ3n) is 3.01. The minimum absolute atomic E-state index is 0.237. The van der Waals surface area contributed by atoms with Gasteiger partial charge in [0.2, 0.25) is 0 Å². The van der Waals surface area contributed by atoms with Gasteiger partial charge in [0.25, 0.3) is 0 Å². The second kappa shape index (κ2) is 6.47. The lowest BCUT2D eigenvalue weighted by Crippen LogP contribution is -2.25. The van der Waals surface area contributed by atoms with Gasteiger partial charge in [-0.15, -0.1) is 0 Å². The third-order valence-corrected chi connectivity index (χ3v) is 3.01. The summed E-state index contributed by atoms with van der Waals surface area (Å²) in [4.78, 5) is 4.40. The highest BCUT2D eigenvalue weighted by atomic mass is 16.5. The number of methoxy groups -OCH3 is 1. The van der Waals surface area contributed by atoms with Crippen LogP contribution in [-0.2, 0) is 4.74 Å². The zero-order valence-electron chi connectivity index (χ0n) is 11.0. The summed E-state index contributed by atoms with van der Waals surface area (Å²) in [6.45, 7) is 3.84. The Morgan fingerprint density at radius 3 is 3.00 bits per heavy atom. The lowest BCUT2D eigenvalue weighted by Gasteiger charge is -2.18. The molecule has 0 bridgehead atoms. The number of nitrogens with zero attached hydrogens (tertiary/aromatic N) is 1. The van der Waals surface area contributed by atoms with E-state index in [0.717, 1.165) is 18.5 Å². The summed E-state index contributed by atoms with van der Waals surface area (Å²) < 4.78 is 5.28. The Hall–Kier alpha value is -1.45. The van der Waals surface area contributed by atoms with Gasteiger partial charge in [0.1, 0.15) is 0 Å². The van der Waals surface area contributed by atoms with E-state index in [9.17, 15) is 0 Å². The van der Waals surface area contributed by atoms with Gasteiger partial charge < -0.3 is 10.1 Å². The number of hydrogen-bond donors (Lipinski definition) is 1. The monoisotopic (exact) mass is 244 g/mol. The van der Waals surface area contributed by atoms with Crippen molar-refractivity contribution in [1.82, 2.24) is 10.3 Å². The zero-order valence-corrected chi connectivity index (χ0v) is 11.0. The Morgan fingerprint density at radius 2 is 2.22 bits per heavy atom. The number of rotatable bonds is 6. The third kappa shape index (κ3) is 3.06. The molecule has 0 aliphatic carbocycles. The summed E-state index contributed by atoms with van der Waals surface area (Å²) in [5.41, 5.74) is 2.27. The first-order chi connectivity index (χ1) is 8.85. The molecule has 0 aliphatic heterocycles. The molecule has 0 saturated carbocycles.